The fourth-order valence-electron chi connectivity index (χ4n) is 2.50. The van der Waals surface area contributed by atoms with E-state index >= 15 is 0 Å². The van der Waals surface area contributed by atoms with Gasteiger partial charge in [0.15, 0.2) is 0 Å². The van der Waals surface area contributed by atoms with E-state index in [0.29, 0.717) is 23.5 Å². The van der Waals surface area contributed by atoms with Gasteiger partial charge in [-0.2, -0.15) is 0 Å². The molecule has 1 aliphatic heterocycles. The number of amides is 1. The number of aryl methyl sites for hydroxylation is 1. The lowest BCUT2D eigenvalue weighted by molar-refractivity contribution is -0.141. The molecule has 1 atom stereocenters. The minimum atomic E-state index is -0.929. The fourth-order valence-corrected chi connectivity index (χ4v) is 4.32. The number of thiazole rings is 1. The molecule has 0 saturated carbocycles. The first-order chi connectivity index (χ1) is 10.1. The van der Waals surface area contributed by atoms with Crippen molar-refractivity contribution in [2.45, 2.75) is 25.8 Å². The van der Waals surface area contributed by atoms with E-state index in [4.69, 9.17) is 0 Å². The molecular formula is C14H14N2O3S2. The van der Waals surface area contributed by atoms with E-state index in [-0.39, 0.29) is 5.91 Å². The molecule has 3 rings (SSSR count). The van der Waals surface area contributed by atoms with Crippen molar-refractivity contribution in [2.24, 2.45) is 0 Å². The van der Waals surface area contributed by atoms with Crippen LogP contribution in [-0.2, 0) is 4.79 Å². The third-order valence-electron chi connectivity index (χ3n) is 3.52. The van der Waals surface area contributed by atoms with Crippen LogP contribution in [0.3, 0.4) is 0 Å². The molecule has 0 aliphatic carbocycles. The highest BCUT2D eigenvalue weighted by molar-refractivity contribution is 7.22. The van der Waals surface area contributed by atoms with Crippen LogP contribution in [0, 0.1) is 6.92 Å². The molecule has 0 unspecified atom stereocenters. The van der Waals surface area contributed by atoms with Crippen molar-refractivity contribution in [1.29, 1.82) is 0 Å². The number of thiophene rings is 1. The normalized spacial score (nSPS) is 18.1. The van der Waals surface area contributed by atoms with Crippen molar-refractivity contribution < 1.29 is 14.7 Å². The highest BCUT2D eigenvalue weighted by Gasteiger charge is 2.35. The maximum absolute atomic E-state index is 12.6. The molecule has 1 aliphatic rings. The number of rotatable bonds is 3. The van der Waals surface area contributed by atoms with Crippen LogP contribution in [0.25, 0.3) is 9.88 Å². The van der Waals surface area contributed by atoms with E-state index in [9.17, 15) is 14.7 Å². The summed E-state index contributed by atoms with van der Waals surface area (Å²) in [5.74, 6) is -1.14. The lowest BCUT2D eigenvalue weighted by Gasteiger charge is -2.20. The van der Waals surface area contributed by atoms with Gasteiger partial charge in [-0.25, -0.2) is 9.78 Å². The van der Waals surface area contributed by atoms with Gasteiger partial charge in [0, 0.05) is 6.54 Å². The van der Waals surface area contributed by atoms with Crippen LogP contribution in [0.5, 0.6) is 0 Å². The van der Waals surface area contributed by atoms with Crippen LogP contribution in [0.4, 0.5) is 0 Å². The van der Waals surface area contributed by atoms with E-state index < -0.39 is 12.0 Å². The maximum atomic E-state index is 12.6. The Labute approximate surface area is 129 Å². The summed E-state index contributed by atoms with van der Waals surface area (Å²) in [4.78, 5) is 31.3. The molecule has 1 N–H and O–H groups in total. The molecule has 3 heterocycles. The van der Waals surface area contributed by atoms with Gasteiger partial charge in [-0.05, 0) is 31.2 Å². The first-order valence-electron chi connectivity index (χ1n) is 6.63. The van der Waals surface area contributed by atoms with Crippen LogP contribution in [-0.4, -0.2) is 39.5 Å². The van der Waals surface area contributed by atoms with E-state index in [2.05, 4.69) is 4.98 Å². The average molecular weight is 322 g/mol. The van der Waals surface area contributed by atoms with Gasteiger partial charge in [-0.1, -0.05) is 6.07 Å². The number of likely N-dealkylation sites (tertiary alicyclic amines) is 1. The predicted molar refractivity (Wildman–Crippen MR) is 81.9 cm³/mol. The number of carboxylic acids is 1. The summed E-state index contributed by atoms with van der Waals surface area (Å²) in [5, 5.41) is 12.0. The number of carbonyl (C=O) groups excluding carboxylic acids is 1. The lowest BCUT2D eigenvalue weighted by Crippen LogP contribution is -2.40. The number of nitrogens with zero attached hydrogens (tertiary/aromatic N) is 2. The number of aromatic nitrogens is 1. The van der Waals surface area contributed by atoms with Gasteiger partial charge < -0.3 is 10.0 Å². The topological polar surface area (TPSA) is 70.5 Å². The molecule has 1 amide bonds. The average Bonchev–Trinajstić information content (AvgIpc) is 3.18. The summed E-state index contributed by atoms with van der Waals surface area (Å²) >= 11 is 2.92. The van der Waals surface area contributed by atoms with Crippen molar-refractivity contribution in [3.05, 3.63) is 28.1 Å². The minimum absolute atomic E-state index is 0.210. The first kappa shape index (κ1) is 14.2. The highest BCUT2D eigenvalue weighted by atomic mass is 32.1. The van der Waals surface area contributed by atoms with E-state index in [1.807, 2.05) is 17.5 Å². The summed E-state index contributed by atoms with van der Waals surface area (Å²) in [6.07, 6.45) is 1.26. The summed E-state index contributed by atoms with van der Waals surface area (Å²) in [7, 11) is 0. The number of hydrogen-bond acceptors (Lipinski definition) is 5. The molecule has 0 spiro atoms. The van der Waals surface area contributed by atoms with Crippen molar-refractivity contribution in [3.63, 3.8) is 0 Å². The Morgan fingerprint density at radius 2 is 2.29 bits per heavy atom. The quantitative estimate of drug-likeness (QED) is 0.943. The van der Waals surface area contributed by atoms with Gasteiger partial charge in [-0.15, -0.1) is 22.7 Å². The fraction of sp³-hybridized carbons (Fsp3) is 0.357. The monoisotopic (exact) mass is 322 g/mol. The van der Waals surface area contributed by atoms with E-state index in [1.165, 1.54) is 16.2 Å². The SMILES string of the molecule is Cc1nc(-c2cccs2)sc1C(=O)N1CCC[C@H]1C(=O)O. The molecule has 2 aromatic rings. The van der Waals surface area contributed by atoms with Crippen LogP contribution >= 0.6 is 22.7 Å². The van der Waals surface area contributed by atoms with Crippen LogP contribution in [0.2, 0.25) is 0 Å². The van der Waals surface area contributed by atoms with E-state index in [1.54, 1.807) is 18.3 Å². The number of carboxylic acid groups (broad SMARTS) is 1. The third kappa shape index (κ3) is 2.58. The molecular weight excluding hydrogens is 308 g/mol. The maximum Gasteiger partial charge on any atom is 0.326 e. The molecule has 1 saturated heterocycles. The Kier molecular flexibility index (Phi) is 3.77. The van der Waals surface area contributed by atoms with Crippen molar-refractivity contribution in [2.75, 3.05) is 6.54 Å². The lowest BCUT2D eigenvalue weighted by atomic mass is 10.2. The largest absolute Gasteiger partial charge is 0.480 e. The van der Waals surface area contributed by atoms with Crippen LogP contribution < -0.4 is 0 Å². The van der Waals surface area contributed by atoms with Gasteiger partial charge in [0.05, 0.1) is 10.6 Å². The van der Waals surface area contributed by atoms with Crippen molar-refractivity contribution in [3.8, 4) is 9.88 Å². The zero-order chi connectivity index (χ0) is 15.0. The van der Waals surface area contributed by atoms with Gasteiger partial charge in [0.2, 0.25) is 0 Å². The summed E-state index contributed by atoms with van der Waals surface area (Å²) < 4.78 is 0. The minimum Gasteiger partial charge on any atom is -0.480 e. The Bertz CT molecular complexity index is 678. The second-order valence-electron chi connectivity index (χ2n) is 4.91. The number of aliphatic carboxylic acids is 1. The number of carbonyl (C=O) groups is 2. The number of hydrogen-bond donors (Lipinski definition) is 1. The Morgan fingerprint density at radius 3 is 2.95 bits per heavy atom. The second-order valence-corrected chi connectivity index (χ2v) is 6.85. The Morgan fingerprint density at radius 1 is 1.48 bits per heavy atom. The summed E-state index contributed by atoms with van der Waals surface area (Å²) in [6, 6.07) is 3.20. The third-order valence-corrected chi connectivity index (χ3v) is 5.71. The van der Waals surface area contributed by atoms with Gasteiger partial charge >= 0.3 is 5.97 Å². The zero-order valence-electron chi connectivity index (χ0n) is 11.4. The molecule has 1 fully saturated rings. The highest BCUT2D eigenvalue weighted by Crippen LogP contribution is 2.32. The van der Waals surface area contributed by atoms with E-state index in [0.717, 1.165) is 16.3 Å². The first-order valence-corrected chi connectivity index (χ1v) is 8.32. The summed E-state index contributed by atoms with van der Waals surface area (Å²) in [5.41, 5.74) is 0.671. The van der Waals surface area contributed by atoms with Gasteiger partial charge in [0.1, 0.15) is 15.9 Å². The van der Waals surface area contributed by atoms with Crippen molar-refractivity contribution in [1.82, 2.24) is 9.88 Å². The van der Waals surface area contributed by atoms with Gasteiger partial charge in [-0.3, -0.25) is 4.79 Å². The van der Waals surface area contributed by atoms with Crippen molar-refractivity contribution >= 4 is 34.6 Å². The Balaban J connectivity index is 1.90. The molecule has 7 heteroatoms. The molecule has 21 heavy (non-hydrogen) atoms. The predicted octanol–water partition coefficient (Wildman–Crippen LogP) is 2.87. The summed E-state index contributed by atoms with van der Waals surface area (Å²) in [6.45, 7) is 2.30. The molecule has 110 valence electrons. The molecule has 5 nitrogen and oxygen atoms in total. The second kappa shape index (κ2) is 5.57. The standard InChI is InChI=1S/C14H14N2O3S2/c1-8-11(21-12(15-8)10-5-3-7-20-10)13(17)16-6-2-4-9(16)14(18)19/h3,5,7,9H,2,4,6H2,1H3,(H,18,19)/t9-/m0/s1. The van der Waals surface area contributed by atoms with Gasteiger partial charge in [0.25, 0.3) is 5.91 Å². The smallest absolute Gasteiger partial charge is 0.326 e. The molecule has 0 bridgehead atoms. The molecule has 0 radical (unpaired) electrons. The molecule has 2 aromatic heterocycles. The Hall–Kier alpha value is -1.73. The van der Waals surface area contributed by atoms with Crippen LogP contribution in [0.15, 0.2) is 17.5 Å². The molecule has 0 aromatic carbocycles. The van der Waals surface area contributed by atoms with Crippen LogP contribution in [0.1, 0.15) is 28.2 Å². The zero-order valence-corrected chi connectivity index (χ0v) is 13.0.